The SMILES string of the molecule is Cc1noc(C2CCCN(C(=O)c3cccc(C(F)(F)F)c3)C2)n1. The summed E-state index contributed by atoms with van der Waals surface area (Å²) in [5.74, 6) is 0.483. The van der Waals surface area contributed by atoms with Gasteiger partial charge in [0, 0.05) is 18.7 Å². The lowest BCUT2D eigenvalue weighted by molar-refractivity contribution is -0.137. The molecule has 1 atom stereocenters. The van der Waals surface area contributed by atoms with Crippen LogP contribution in [0.2, 0.25) is 0 Å². The second-order valence-electron chi connectivity index (χ2n) is 5.85. The number of aryl methyl sites for hydroxylation is 1. The van der Waals surface area contributed by atoms with Gasteiger partial charge in [-0.05, 0) is 38.0 Å². The lowest BCUT2D eigenvalue weighted by Crippen LogP contribution is -2.39. The van der Waals surface area contributed by atoms with Gasteiger partial charge in [-0.3, -0.25) is 4.79 Å². The van der Waals surface area contributed by atoms with Crippen molar-refractivity contribution in [2.75, 3.05) is 13.1 Å². The molecule has 1 unspecified atom stereocenters. The van der Waals surface area contributed by atoms with Gasteiger partial charge in [-0.25, -0.2) is 0 Å². The number of hydrogen-bond acceptors (Lipinski definition) is 4. The molecular weight excluding hydrogens is 323 g/mol. The second kappa shape index (κ2) is 6.26. The number of hydrogen-bond donors (Lipinski definition) is 0. The number of benzene rings is 1. The Balaban J connectivity index is 1.77. The Morgan fingerprint density at radius 1 is 1.38 bits per heavy atom. The van der Waals surface area contributed by atoms with E-state index in [0.29, 0.717) is 24.8 Å². The molecule has 0 spiro atoms. The molecule has 1 saturated heterocycles. The van der Waals surface area contributed by atoms with Crippen LogP contribution in [0.5, 0.6) is 0 Å². The highest BCUT2D eigenvalue weighted by Crippen LogP contribution is 2.31. The number of alkyl halides is 3. The molecule has 3 rings (SSSR count). The summed E-state index contributed by atoms with van der Waals surface area (Å²) in [6.45, 7) is 2.57. The van der Waals surface area contributed by atoms with Crippen LogP contribution in [0.3, 0.4) is 0 Å². The predicted molar refractivity (Wildman–Crippen MR) is 78.4 cm³/mol. The van der Waals surface area contributed by atoms with Crippen molar-refractivity contribution in [3.05, 3.63) is 47.1 Å². The maximum absolute atomic E-state index is 12.8. The van der Waals surface area contributed by atoms with Crippen molar-refractivity contribution in [2.24, 2.45) is 0 Å². The fraction of sp³-hybridized carbons (Fsp3) is 0.438. The Morgan fingerprint density at radius 2 is 2.17 bits per heavy atom. The largest absolute Gasteiger partial charge is 0.416 e. The van der Waals surface area contributed by atoms with E-state index in [2.05, 4.69) is 10.1 Å². The van der Waals surface area contributed by atoms with Crippen LogP contribution in [0.25, 0.3) is 0 Å². The quantitative estimate of drug-likeness (QED) is 0.841. The monoisotopic (exact) mass is 339 g/mol. The van der Waals surface area contributed by atoms with Crippen LogP contribution in [0, 0.1) is 6.92 Å². The van der Waals surface area contributed by atoms with Crippen molar-refractivity contribution in [3.63, 3.8) is 0 Å². The van der Waals surface area contributed by atoms with Crippen LogP contribution in [0.4, 0.5) is 13.2 Å². The Bertz CT molecular complexity index is 742. The van der Waals surface area contributed by atoms with Crippen LogP contribution in [0.1, 0.15) is 46.4 Å². The normalized spacial score (nSPS) is 18.7. The first-order chi connectivity index (χ1) is 11.3. The van der Waals surface area contributed by atoms with Crippen molar-refractivity contribution in [3.8, 4) is 0 Å². The second-order valence-corrected chi connectivity index (χ2v) is 5.85. The molecule has 0 N–H and O–H groups in total. The van der Waals surface area contributed by atoms with E-state index in [0.717, 1.165) is 25.0 Å². The minimum absolute atomic E-state index is 0.0344. The number of nitrogens with zero attached hydrogens (tertiary/aromatic N) is 3. The van der Waals surface area contributed by atoms with E-state index in [1.54, 1.807) is 11.8 Å². The lowest BCUT2D eigenvalue weighted by atomic mass is 9.97. The van der Waals surface area contributed by atoms with Gasteiger partial charge >= 0.3 is 6.18 Å². The molecule has 1 aromatic carbocycles. The molecule has 1 amide bonds. The Morgan fingerprint density at radius 3 is 2.83 bits per heavy atom. The van der Waals surface area contributed by atoms with Gasteiger partial charge in [-0.1, -0.05) is 11.2 Å². The average Bonchev–Trinajstić information content (AvgIpc) is 3.00. The summed E-state index contributed by atoms with van der Waals surface area (Å²) in [4.78, 5) is 18.3. The van der Waals surface area contributed by atoms with Crippen molar-refractivity contribution >= 4 is 5.91 Å². The molecule has 0 radical (unpaired) electrons. The number of halogens is 3. The minimum atomic E-state index is -4.47. The predicted octanol–water partition coefficient (Wildman–Crippen LogP) is 3.42. The summed E-state index contributed by atoms with van der Waals surface area (Å²) >= 11 is 0. The van der Waals surface area contributed by atoms with Gasteiger partial charge in [-0.15, -0.1) is 0 Å². The Labute approximate surface area is 136 Å². The van der Waals surface area contributed by atoms with E-state index in [1.165, 1.54) is 12.1 Å². The third-order valence-electron chi connectivity index (χ3n) is 4.04. The number of rotatable bonds is 2. The zero-order chi connectivity index (χ0) is 17.3. The van der Waals surface area contributed by atoms with Crippen LogP contribution in [0.15, 0.2) is 28.8 Å². The number of piperidine rings is 1. The van der Waals surface area contributed by atoms with Gasteiger partial charge in [-0.2, -0.15) is 18.2 Å². The molecule has 1 aliphatic heterocycles. The summed E-state index contributed by atoms with van der Waals surface area (Å²) in [7, 11) is 0. The molecule has 0 bridgehead atoms. The van der Waals surface area contributed by atoms with Gasteiger partial charge in [0.15, 0.2) is 5.82 Å². The molecular formula is C16H16F3N3O2. The summed E-state index contributed by atoms with van der Waals surface area (Å²) in [6.07, 6.45) is -2.94. The van der Waals surface area contributed by atoms with Crippen molar-refractivity contribution in [1.82, 2.24) is 15.0 Å². The average molecular weight is 339 g/mol. The number of carbonyl (C=O) groups excluding carboxylic acids is 1. The molecule has 1 fully saturated rings. The fourth-order valence-corrected chi connectivity index (χ4v) is 2.85. The van der Waals surface area contributed by atoms with E-state index in [1.807, 2.05) is 0 Å². The van der Waals surface area contributed by atoms with E-state index >= 15 is 0 Å². The van der Waals surface area contributed by atoms with Gasteiger partial charge in [0.1, 0.15) is 0 Å². The smallest absolute Gasteiger partial charge is 0.339 e. The van der Waals surface area contributed by atoms with Crippen molar-refractivity contribution in [1.29, 1.82) is 0 Å². The zero-order valence-corrected chi connectivity index (χ0v) is 13.0. The van der Waals surface area contributed by atoms with Gasteiger partial charge in [0.25, 0.3) is 5.91 Å². The summed E-state index contributed by atoms with van der Waals surface area (Å²) in [5, 5.41) is 3.74. The molecule has 128 valence electrons. The van der Waals surface area contributed by atoms with E-state index in [4.69, 9.17) is 4.52 Å². The highest BCUT2D eigenvalue weighted by atomic mass is 19.4. The maximum Gasteiger partial charge on any atom is 0.416 e. The van der Waals surface area contributed by atoms with Crippen LogP contribution in [-0.4, -0.2) is 34.0 Å². The number of amides is 1. The van der Waals surface area contributed by atoms with E-state index < -0.39 is 17.6 Å². The van der Waals surface area contributed by atoms with Crippen LogP contribution in [-0.2, 0) is 6.18 Å². The summed E-state index contributed by atoms with van der Waals surface area (Å²) in [5.41, 5.74) is -0.790. The lowest BCUT2D eigenvalue weighted by Gasteiger charge is -2.31. The highest BCUT2D eigenvalue weighted by molar-refractivity contribution is 5.94. The fourth-order valence-electron chi connectivity index (χ4n) is 2.85. The molecule has 8 heteroatoms. The zero-order valence-electron chi connectivity index (χ0n) is 13.0. The summed E-state index contributed by atoms with van der Waals surface area (Å²) in [6, 6.07) is 4.50. The molecule has 1 aromatic heterocycles. The number of aromatic nitrogens is 2. The summed E-state index contributed by atoms with van der Waals surface area (Å²) < 4.78 is 43.6. The van der Waals surface area contributed by atoms with Crippen LogP contribution >= 0.6 is 0 Å². The molecule has 0 aliphatic carbocycles. The number of likely N-dealkylation sites (tertiary alicyclic amines) is 1. The van der Waals surface area contributed by atoms with Gasteiger partial charge in [0.05, 0.1) is 11.5 Å². The molecule has 5 nitrogen and oxygen atoms in total. The van der Waals surface area contributed by atoms with E-state index in [-0.39, 0.29) is 11.5 Å². The molecule has 0 saturated carbocycles. The first-order valence-electron chi connectivity index (χ1n) is 7.61. The first kappa shape index (κ1) is 16.5. The first-order valence-corrected chi connectivity index (χ1v) is 7.61. The molecule has 24 heavy (non-hydrogen) atoms. The topological polar surface area (TPSA) is 59.2 Å². The van der Waals surface area contributed by atoms with Gasteiger partial charge in [0.2, 0.25) is 5.89 Å². The Hall–Kier alpha value is -2.38. The highest BCUT2D eigenvalue weighted by Gasteiger charge is 2.32. The number of carbonyl (C=O) groups is 1. The van der Waals surface area contributed by atoms with Gasteiger partial charge < -0.3 is 9.42 Å². The van der Waals surface area contributed by atoms with Crippen molar-refractivity contribution in [2.45, 2.75) is 31.9 Å². The molecule has 2 aromatic rings. The van der Waals surface area contributed by atoms with Crippen LogP contribution < -0.4 is 0 Å². The standard InChI is InChI=1S/C16H16F3N3O2/c1-10-20-14(24-21-10)12-5-3-7-22(9-12)15(23)11-4-2-6-13(8-11)16(17,18)19/h2,4,6,8,12H,3,5,7,9H2,1H3. The minimum Gasteiger partial charge on any atom is -0.339 e. The Kier molecular flexibility index (Phi) is 4.29. The third-order valence-corrected chi connectivity index (χ3v) is 4.04. The maximum atomic E-state index is 12.8. The van der Waals surface area contributed by atoms with E-state index in [9.17, 15) is 18.0 Å². The van der Waals surface area contributed by atoms with Crippen molar-refractivity contribution < 1.29 is 22.5 Å². The third kappa shape index (κ3) is 3.42. The molecule has 2 heterocycles. The molecule has 1 aliphatic rings.